The number of halogens is 1. The summed E-state index contributed by atoms with van der Waals surface area (Å²) < 4.78 is 7.56. The summed E-state index contributed by atoms with van der Waals surface area (Å²) in [4.78, 5) is 4.64. The second-order valence-electron chi connectivity index (χ2n) is 6.27. The first-order valence-corrected chi connectivity index (χ1v) is 8.69. The first kappa shape index (κ1) is 23.2. The van der Waals surface area contributed by atoms with E-state index in [9.17, 15) is 0 Å². The third kappa shape index (κ3) is 11.7. The fourth-order valence-corrected chi connectivity index (χ4v) is 2.04. The van der Waals surface area contributed by atoms with Crippen LogP contribution in [0.5, 0.6) is 0 Å². The lowest BCUT2D eigenvalue weighted by atomic mass is 10.1. The molecule has 1 aromatic rings. The van der Waals surface area contributed by atoms with Gasteiger partial charge in [-0.3, -0.25) is 9.67 Å². The Morgan fingerprint density at radius 2 is 2.04 bits per heavy atom. The third-order valence-corrected chi connectivity index (χ3v) is 3.34. The second kappa shape index (κ2) is 14.5. The Bertz CT molecular complexity index is 423. The van der Waals surface area contributed by atoms with Crippen LogP contribution in [0.2, 0.25) is 0 Å². The van der Waals surface area contributed by atoms with Crippen LogP contribution < -0.4 is 10.6 Å². The monoisotopic (exact) mass is 451 g/mol. The van der Waals surface area contributed by atoms with Gasteiger partial charge in [0, 0.05) is 45.2 Å². The van der Waals surface area contributed by atoms with Gasteiger partial charge in [0.15, 0.2) is 5.96 Å². The SMILES string of the molecule is CCNC(=NCC(C)Cn1cccn1)NCCOCCC(C)C.I. The zero-order chi connectivity index (χ0) is 16.9. The van der Waals surface area contributed by atoms with E-state index in [2.05, 4.69) is 48.4 Å². The summed E-state index contributed by atoms with van der Waals surface area (Å²) in [5, 5.41) is 10.8. The fraction of sp³-hybridized carbons (Fsp3) is 0.765. The Hall–Kier alpha value is -0.830. The van der Waals surface area contributed by atoms with Gasteiger partial charge < -0.3 is 15.4 Å². The number of nitrogens with zero attached hydrogens (tertiary/aromatic N) is 3. The van der Waals surface area contributed by atoms with Gasteiger partial charge in [0.25, 0.3) is 0 Å². The first-order valence-electron chi connectivity index (χ1n) is 8.69. The van der Waals surface area contributed by atoms with E-state index in [0.29, 0.717) is 18.4 Å². The summed E-state index contributed by atoms with van der Waals surface area (Å²) in [5.41, 5.74) is 0. The number of aromatic nitrogens is 2. The smallest absolute Gasteiger partial charge is 0.191 e. The Balaban J connectivity index is 0.00000529. The molecule has 0 aliphatic heterocycles. The topological polar surface area (TPSA) is 63.5 Å². The van der Waals surface area contributed by atoms with Crippen molar-refractivity contribution in [1.29, 1.82) is 0 Å². The molecule has 7 heteroatoms. The molecule has 0 fully saturated rings. The van der Waals surface area contributed by atoms with E-state index in [1.165, 1.54) is 0 Å². The van der Waals surface area contributed by atoms with E-state index in [0.717, 1.165) is 45.2 Å². The molecule has 1 atom stereocenters. The molecule has 24 heavy (non-hydrogen) atoms. The molecule has 1 heterocycles. The molecule has 0 bridgehead atoms. The highest BCUT2D eigenvalue weighted by Crippen LogP contribution is 2.00. The number of hydrogen-bond acceptors (Lipinski definition) is 3. The highest BCUT2D eigenvalue weighted by molar-refractivity contribution is 14.0. The van der Waals surface area contributed by atoms with Crippen molar-refractivity contribution in [2.24, 2.45) is 16.8 Å². The van der Waals surface area contributed by atoms with Crippen LogP contribution in [-0.2, 0) is 11.3 Å². The third-order valence-electron chi connectivity index (χ3n) is 3.34. The van der Waals surface area contributed by atoms with Crippen molar-refractivity contribution in [2.45, 2.75) is 40.7 Å². The predicted octanol–water partition coefficient (Wildman–Crippen LogP) is 2.76. The van der Waals surface area contributed by atoms with Crippen LogP contribution in [0.3, 0.4) is 0 Å². The van der Waals surface area contributed by atoms with Crippen molar-refractivity contribution in [1.82, 2.24) is 20.4 Å². The van der Waals surface area contributed by atoms with Crippen molar-refractivity contribution in [3.8, 4) is 0 Å². The lowest BCUT2D eigenvalue weighted by molar-refractivity contribution is 0.128. The van der Waals surface area contributed by atoms with Crippen LogP contribution in [0, 0.1) is 11.8 Å². The van der Waals surface area contributed by atoms with Crippen molar-refractivity contribution in [3.05, 3.63) is 18.5 Å². The first-order chi connectivity index (χ1) is 11.1. The molecule has 0 saturated heterocycles. The largest absolute Gasteiger partial charge is 0.380 e. The van der Waals surface area contributed by atoms with Crippen LogP contribution in [0.15, 0.2) is 23.5 Å². The van der Waals surface area contributed by atoms with Crippen LogP contribution in [0.1, 0.15) is 34.1 Å². The van der Waals surface area contributed by atoms with Crippen molar-refractivity contribution in [2.75, 3.05) is 32.8 Å². The molecule has 0 aliphatic carbocycles. The number of rotatable bonds is 11. The van der Waals surface area contributed by atoms with Gasteiger partial charge >= 0.3 is 0 Å². The molecule has 0 spiro atoms. The van der Waals surface area contributed by atoms with Gasteiger partial charge in [-0.15, -0.1) is 24.0 Å². The maximum atomic E-state index is 5.61. The van der Waals surface area contributed by atoms with Gasteiger partial charge in [0.1, 0.15) is 0 Å². The van der Waals surface area contributed by atoms with Gasteiger partial charge in [0.05, 0.1) is 6.61 Å². The standard InChI is InChI=1S/C17H33N5O.HI/c1-5-18-17(19-9-12-23-11-7-15(2)3)20-13-16(4)14-22-10-6-8-21-22;/h6,8,10,15-16H,5,7,9,11-14H2,1-4H3,(H2,18,19,20);1H. The minimum atomic E-state index is 0. The second-order valence-corrected chi connectivity index (χ2v) is 6.27. The summed E-state index contributed by atoms with van der Waals surface area (Å²) >= 11 is 0. The molecule has 0 radical (unpaired) electrons. The Labute approximate surface area is 163 Å². The molecule has 0 aromatic carbocycles. The minimum Gasteiger partial charge on any atom is -0.380 e. The predicted molar refractivity (Wildman–Crippen MR) is 111 cm³/mol. The van der Waals surface area contributed by atoms with Gasteiger partial charge in [-0.05, 0) is 31.2 Å². The number of ether oxygens (including phenoxy) is 1. The van der Waals surface area contributed by atoms with Crippen LogP contribution in [0.25, 0.3) is 0 Å². The number of guanidine groups is 1. The van der Waals surface area contributed by atoms with Crippen molar-refractivity contribution < 1.29 is 4.74 Å². The molecular weight excluding hydrogens is 417 g/mol. The van der Waals surface area contributed by atoms with E-state index >= 15 is 0 Å². The quantitative estimate of drug-likeness (QED) is 0.235. The summed E-state index contributed by atoms with van der Waals surface area (Å²) in [6, 6.07) is 1.95. The van der Waals surface area contributed by atoms with E-state index in [4.69, 9.17) is 4.74 Å². The van der Waals surface area contributed by atoms with Gasteiger partial charge in [-0.25, -0.2) is 0 Å². The van der Waals surface area contributed by atoms with Crippen molar-refractivity contribution >= 4 is 29.9 Å². The zero-order valence-corrected chi connectivity index (χ0v) is 17.8. The molecule has 2 N–H and O–H groups in total. The van der Waals surface area contributed by atoms with E-state index in [-0.39, 0.29) is 24.0 Å². The van der Waals surface area contributed by atoms with Gasteiger partial charge in [0.2, 0.25) is 0 Å². The van der Waals surface area contributed by atoms with Crippen LogP contribution in [0.4, 0.5) is 0 Å². The molecule has 0 aliphatic rings. The average Bonchev–Trinajstić information content (AvgIpc) is 3.00. The molecule has 140 valence electrons. The highest BCUT2D eigenvalue weighted by Gasteiger charge is 2.04. The molecule has 6 nitrogen and oxygen atoms in total. The van der Waals surface area contributed by atoms with E-state index in [1.807, 2.05) is 16.9 Å². The highest BCUT2D eigenvalue weighted by atomic mass is 127. The molecule has 1 aromatic heterocycles. The zero-order valence-electron chi connectivity index (χ0n) is 15.5. The number of hydrogen-bond donors (Lipinski definition) is 2. The number of aliphatic imine (C=N–C) groups is 1. The summed E-state index contributed by atoms with van der Waals surface area (Å²) in [7, 11) is 0. The van der Waals surface area contributed by atoms with E-state index in [1.54, 1.807) is 6.20 Å². The molecule has 1 unspecified atom stereocenters. The van der Waals surface area contributed by atoms with Crippen LogP contribution in [-0.4, -0.2) is 48.6 Å². The Morgan fingerprint density at radius 3 is 2.67 bits per heavy atom. The maximum absolute atomic E-state index is 5.61. The lowest BCUT2D eigenvalue weighted by Crippen LogP contribution is -2.39. The number of nitrogens with one attached hydrogen (secondary N) is 2. The summed E-state index contributed by atoms with van der Waals surface area (Å²) in [6.07, 6.45) is 4.90. The molecule has 1 rings (SSSR count). The Morgan fingerprint density at radius 1 is 1.25 bits per heavy atom. The normalized spacial score (nSPS) is 12.8. The molecule has 0 amide bonds. The molecule has 0 saturated carbocycles. The average molecular weight is 451 g/mol. The maximum Gasteiger partial charge on any atom is 0.191 e. The fourth-order valence-electron chi connectivity index (χ4n) is 2.04. The lowest BCUT2D eigenvalue weighted by Gasteiger charge is -2.14. The summed E-state index contributed by atoms with van der Waals surface area (Å²) in [5.74, 6) is 1.98. The van der Waals surface area contributed by atoms with Crippen molar-refractivity contribution in [3.63, 3.8) is 0 Å². The van der Waals surface area contributed by atoms with E-state index < -0.39 is 0 Å². The Kier molecular flexibility index (Phi) is 14.0. The summed E-state index contributed by atoms with van der Waals surface area (Å²) in [6.45, 7) is 13.5. The molecular formula is C17H34IN5O. The minimum absolute atomic E-state index is 0. The van der Waals surface area contributed by atoms with Gasteiger partial charge in [-0.1, -0.05) is 20.8 Å². The van der Waals surface area contributed by atoms with Crippen LogP contribution >= 0.6 is 24.0 Å². The van der Waals surface area contributed by atoms with Gasteiger partial charge in [-0.2, -0.15) is 5.10 Å².